The summed E-state index contributed by atoms with van der Waals surface area (Å²) in [6.07, 6.45) is 6.19. The molecule has 24 heavy (non-hydrogen) atoms. The maximum Gasteiger partial charge on any atom is 0.0964 e. The van der Waals surface area contributed by atoms with Crippen molar-refractivity contribution in [1.82, 2.24) is 4.90 Å². The second-order valence-corrected chi connectivity index (χ2v) is 7.71. The second-order valence-electron chi connectivity index (χ2n) is 7.71. The summed E-state index contributed by atoms with van der Waals surface area (Å²) in [5, 5.41) is 10.3. The van der Waals surface area contributed by atoms with Crippen molar-refractivity contribution in [2.45, 2.75) is 56.8 Å². The Bertz CT molecular complexity index is 531. The average molecular weight is 330 g/mol. The van der Waals surface area contributed by atoms with Gasteiger partial charge in [-0.25, -0.2) is 0 Å². The van der Waals surface area contributed by atoms with Crippen LogP contribution in [0.2, 0.25) is 0 Å². The molecule has 3 aliphatic heterocycles. The van der Waals surface area contributed by atoms with Crippen LogP contribution in [-0.4, -0.2) is 54.5 Å². The van der Waals surface area contributed by atoms with Crippen LogP contribution in [0.1, 0.15) is 44.1 Å². The SMILES string of the molecule is O[C@H]1CCCOC12CCN(Cc1ccc(N3CCCC3)cc1)CC2. The molecular weight excluding hydrogens is 300 g/mol. The van der Waals surface area contributed by atoms with Crippen LogP contribution in [0.3, 0.4) is 0 Å². The fourth-order valence-corrected chi connectivity index (χ4v) is 4.52. The number of likely N-dealkylation sites (tertiary alicyclic amines) is 1. The number of anilines is 1. The summed E-state index contributed by atoms with van der Waals surface area (Å²) in [4.78, 5) is 4.98. The summed E-state index contributed by atoms with van der Waals surface area (Å²) in [5.74, 6) is 0. The molecule has 0 aliphatic carbocycles. The smallest absolute Gasteiger partial charge is 0.0964 e. The third kappa shape index (κ3) is 3.32. The van der Waals surface area contributed by atoms with Crippen LogP contribution in [0.25, 0.3) is 0 Å². The molecule has 3 aliphatic rings. The van der Waals surface area contributed by atoms with Crippen LogP contribution >= 0.6 is 0 Å². The zero-order valence-corrected chi connectivity index (χ0v) is 14.6. The van der Waals surface area contributed by atoms with Crippen molar-refractivity contribution in [3.05, 3.63) is 29.8 Å². The van der Waals surface area contributed by atoms with Gasteiger partial charge in [0.25, 0.3) is 0 Å². The molecule has 1 aromatic rings. The lowest BCUT2D eigenvalue weighted by Gasteiger charge is -2.46. The highest BCUT2D eigenvalue weighted by atomic mass is 16.5. The summed E-state index contributed by atoms with van der Waals surface area (Å²) < 4.78 is 6.01. The number of ether oxygens (including phenoxy) is 1. The van der Waals surface area contributed by atoms with E-state index in [2.05, 4.69) is 34.1 Å². The van der Waals surface area contributed by atoms with Crippen LogP contribution in [0.5, 0.6) is 0 Å². The zero-order valence-electron chi connectivity index (χ0n) is 14.6. The Hall–Kier alpha value is -1.10. The summed E-state index contributed by atoms with van der Waals surface area (Å²) in [6.45, 7) is 6.27. The summed E-state index contributed by atoms with van der Waals surface area (Å²) in [6, 6.07) is 9.12. The molecule has 0 bridgehead atoms. The number of aliphatic hydroxyl groups excluding tert-OH is 1. The summed E-state index contributed by atoms with van der Waals surface area (Å²) in [7, 11) is 0. The number of hydrogen-bond acceptors (Lipinski definition) is 4. The highest BCUT2D eigenvalue weighted by Gasteiger charge is 2.43. The van der Waals surface area contributed by atoms with Gasteiger partial charge in [-0.15, -0.1) is 0 Å². The molecule has 0 saturated carbocycles. The Morgan fingerprint density at radius 2 is 1.71 bits per heavy atom. The number of rotatable bonds is 3. The molecule has 3 fully saturated rings. The first-order valence-electron chi connectivity index (χ1n) is 9.63. The first-order valence-corrected chi connectivity index (χ1v) is 9.63. The van der Waals surface area contributed by atoms with Crippen molar-refractivity contribution in [1.29, 1.82) is 0 Å². The molecular formula is C20H30N2O2. The minimum absolute atomic E-state index is 0.256. The van der Waals surface area contributed by atoms with E-state index in [1.807, 2.05) is 0 Å². The molecule has 1 N–H and O–H groups in total. The van der Waals surface area contributed by atoms with Gasteiger partial charge in [0.05, 0.1) is 11.7 Å². The third-order valence-electron chi connectivity index (χ3n) is 6.13. The Labute approximate surface area is 145 Å². The van der Waals surface area contributed by atoms with Crippen molar-refractivity contribution >= 4 is 5.69 Å². The van der Waals surface area contributed by atoms with E-state index in [1.165, 1.54) is 37.2 Å². The topological polar surface area (TPSA) is 35.9 Å². The summed E-state index contributed by atoms with van der Waals surface area (Å²) >= 11 is 0. The highest BCUT2D eigenvalue weighted by molar-refractivity contribution is 5.48. The Kier molecular flexibility index (Phi) is 4.79. The molecule has 0 radical (unpaired) electrons. The van der Waals surface area contributed by atoms with Crippen LogP contribution in [-0.2, 0) is 11.3 Å². The Balaban J connectivity index is 1.32. The van der Waals surface area contributed by atoms with Crippen molar-refractivity contribution in [3.63, 3.8) is 0 Å². The van der Waals surface area contributed by atoms with Crippen LogP contribution in [0.4, 0.5) is 5.69 Å². The highest BCUT2D eigenvalue weighted by Crippen LogP contribution is 2.35. The predicted molar refractivity (Wildman–Crippen MR) is 96.3 cm³/mol. The molecule has 0 unspecified atom stereocenters. The van der Waals surface area contributed by atoms with E-state index in [0.717, 1.165) is 51.9 Å². The molecule has 1 aromatic carbocycles. The van der Waals surface area contributed by atoms with Gasteiger partial charge in [0, 0.05) is 45.0 Å². The molecule has 132 valence electrons. The third-order valence-corrected chi connectivity index (χ3v) is 6.13. The number of nitrogens with zero attached hydrogens (tertiary/aromatic N) is 2. The van der Waals surface area contributed by atoms with Gasteiger partial charge in [0.1, 0.15) is 0 Å². The molecule has 1 atom stereocenters. The van der Waals surface area contributed by atoms with Gasteiger partial charge in [0.2, 0.25) is 0 Å². The number of benzene rings is 1. The van der Waals surface area contributed by atoms with E-state index >= 15 is 0 Å². The largest absolute Gasteiger partial charge is 0.390 e. The van der Waals surface area contributed by atoms with Crippen LogP contribution in [0.15, 0.2) is 24.3 Å². The molecule has 1 spiro atoms. The first kappa shape index (κ1) is 16.4. The van der Waals surface area contributed by atoms with Gasteiger partial charge in [-0.05, 0) is 56.2 Å². The van der Waals surface area contributed by atoms with Gasteiger partial charge >= 0.3 is 0 Å². The van der Waals surface area contributed by atoms with Crippen molar-refractivity contribution in [3.8, 4) is 0 Å². The van der Waals surface area contributed by atoms with Crippen molar-refractivity contribution < 1.29 is 9.84 Å². The fraction of sp³-hybridized carbons (Fsp3) is 0.700. The Morgan fingerprint density at radius 1 is 1.00 bits per heavy atom. The van der Waals surface area contributed by atoms with Gasteiger partial charge < -0.3 is 14.7 Å². The maximum absolute atomic E-state index is 10.3. The minimum Gasteiger partial charge on any atom is -0.390 e. The van der Waals surface area contributed by atoms with E-state index < -0.39 is 0 Å². The molecule has 0 amide bonds. The molecule has 4 heteroatoms. The van der Waals surface area contributed by atoms with Crippen LogP contribution in [0, 0.1) is 0 Å². The quantitative estimate of drug-likeness (QED) is 0.924. The van der Waals surface area contributed by atoms with E-state index in [4.69, 9.17) is 4.74 Å². The van der Waals surface area contributed by atoms with Gasteiger partial charge in [-0.2, -0.15) is 0 Å². The van der Waals surface area contributed by atoms with E-state index in [1.54, 1.807) is 0 Å². The Morgan fingerprint density at radius 3 is 2.38 bits per heavy atom. The molecule has 0 aromatic heterocycles. The van der Waals surface area contributed by atoms with E-state index in [0.29, 0.717) is 0 Å². The van der Waals surface area contributed by atoms with E-state index in [9.17, 15) is 5.11 Å². The first-order chi connectivity index (χ1) is 11.8. The van der Waals surface area contributed by atoms with Crippen molar-refractivity contribution in [2.24, 2.45) is 0 Å². The van der Waals surface area contributed by atoms with Crippen molar-refractivity contribution in [2.75, 3.05) is 37.7 Å². The normalized spacial score (nSPS) is 27.7. The summed E-state index contributed by atoms with van der Waals surface area (Å²) in [5.41, 5.74) is 2.50. The van der Waals surface area contributed by atoms with Gasteiger partial charge in [0.15, 0.2) is 0 Å². The predicted octanol–water partition coefficient (Wildman–Crippen LogP) is 2.79. The molecule has 4 rings (SSSR count). The molecule has 4 nitrogen and oxygen atoms in total. The molecule has 3 heterocycles. The van der Waals surface area contributed by atoms with Crippen LogP contribution < -0.4 is 4.90 Å². The minimum atomic E-state index is -0.270. The maximum atomic E-state index is 10.3. The number of aliphatic hydroxyl groups is 1. The second kappa shape index (κ2) is 7.03. The fourth-order valence-electron chi connectivity index (χ4n) is 4.52. The van der Waals surface area contributed by atoms with E-state index in [-0.39, 0.29) is 11.7 Å². The lowest BCUT2D eigenvalue weighted by molar-refractivity contribution is -0.177. The number of hydrogen-bond donors (Lipinski definition) is 1. The zero-order chi connectivity index (χ0) is 16.4. The number of piperidine rings is 1. The lowest BCUT2D eigenvalue weighted by atomic mass is 9.82. The van der Waals surface area contributed by atoms with Gasteiger partial charge in [-0.3, -0.25) is 4.90 Å². The average Bonchev–Trinajstić information content (AvgIpc) is 3.15. The lowest BCUT2D eigenvalue weighted by Crippen LogP contribution is -2.55. The molecule has 3 saturated heterocycles. The monoisotopic (exact) mass is 330 g/mol. The van der Waals surface area contributed by atoms with Gasteiger partial charge in [-0.1, -0.05) is 12.1 Å². The standard InChI is InChI=1S/C20H30N2O2/c23-19-4-3-15-24-20(19)9-13-21(14-10-20)16-17-5-7-18(8-6-17)22-11-1-2-12-22/h5-8,19,23H,1-4,9-16H2/t19-/m0/s1.